The zero-order valence-electron chi connectivity index (χ0n) is 13.9. The predicted molar refractivity (Wildman–Crippen MR) is 94.9 cm³/mol. The Kier molecular flexibility index (Phi) is 4.62. The lowest BCUT2D eigenvalue weighted by atomic mass is 10.1. The Morgan fingerprint density at radius 1 is 1.17 bits per heavy atom. The number of amides is 2. The lowest BCUT2D eigenvalue weighted by molar-refractivity contribution is -0.122. The molecule has 1 unspecified atom stereocenters. The summed E-state index contributed by atoms with van der Waals surface area (Å²) in [5.41, 5.74) is 2.59. The van der Waals surface area contributed by atoms with Gasteiger partial charge in [0.25, 0.3) is 0 Å². The van der Waals surface area contributed by atoms with Crippen molar-refractivity contribution < 1.29 is 9.59 Å². The third-order valence-corrected chi connectivity index (χ3v) is 4.40. The Bertz CT molecular complexity index is 745. The number of hydrogen-bond donors (Lipinski definition) is 1. The third kappa shape index (κ3) is 3.31. The Morgan fingerprint density at radius 3 is 2.58 bits per heavy atom. The molecule has 1 heterocycles. The maximum Gasteiger partial charge on any atom is 0.244 e. The molecular weight excluding hydrogens is 302 g/mol. The standard InChI is InChI=1S/C19H21N3O2/c1-14(15-8-4-3-5-9-15)21(2)13-19(24)22-12-18(23)20-16-10-6-7-11-17(16)22/h3-11,14H,12-13H2,1-2H3,(H,20,23). The fourth-order valence-corrected chi connectivity index (χ4v) is 2.88. The van der Waals surface area contributed by atoms with E-state index in [-0.39, 0.29) is 30.9 Å². The second-order valence-electron chi connectivity index (χ2n) is 6.05. The van der Waals surface area contributed by atoms with Crippen molar-refractivity contribution in [1.82, 2.24) is 4.90 Å². The van der Waals surface area contributed by atoms with Crippen LogP contribution in [0.2, 0.25) is 0 Å². The third-order valence-electron chi connectivity index (χ3n) is 4.40. The lowest BCUT2D eigenvalue weighted by Gasteiger charge is -2.32. The van der Waals surface area contributed by atoms with Crippen LogP contribution in [-0.2, 0) is 9.59 Å². The number of fused-ring (bicyclic) bond motifs is 1. The fourth-order valence-electron chi connectivity index (χ4n) is 2.88. The number of para-hydroxylation sites is 2. The number of nitrogens with zero attached hydrogens (tertiary/aromatic N) is 2. The van der Waals surface area contributed by atoms with E-state index in [4.69, 9.17) is 0 Å². The smallest absolute Gasteiger partial charge is 0.244 e. The van der Waals surface area contributed by atoms with E-state index < -0.39 is 0 Å². The Morgan fingerprint density at radius 2 is 1.83 bits per heavy atom. The molecule has 5 heteroatoms. The topological polar surface area (TPSA) is 52.7 Å². The van der Waals surface area contributed by atoms with Crippen molar-refractivity contribution >= 4 is 23.2 Å². The minimum absolute atomic E-state index is 0.0589. The van der Waals surface area contributed by atoms with Gasteiger partial charge in [-0.25, -0.2) is 0 Å². The number of likely N-dealkylation sites (N-methyl/N-ethyl adjacent to an activating group) is 1. The highest BCUT2D eigenvalue weighted by molar-refractivity contribution is 6.10. The first-order valence-corrected chi connectivity index (χ1v) is 8.00. The number of hydrogen-bond acceptors (Lipinski definition) is 3. The molecule has 1 aliphatic heterocycles. The van der Waals surface area contributed by atoms with Gasteiger partial charge in [0.05, 0.1) is 17.9 Å². The minimum atomic E-state index is -0.166. The van der Waals surface area contributed by atoms with Gasteiger partial charge in [-0.3, -0.25) is 19.4 Å². The monoisotopic (exact) mass is 323 g/mol. The molecule has 1 atom stereocenters. The van der Waals surface area contributed by atoms with E-state index in [9.17, 15) is 9.59 Å². The van der Waals surface area contributed by atoms with E-state index in [1.54, 1.807) is 4.90 Å². The zero-order valence-corrected chi connectivity index (χ0v) is 13.9. The highest BCUT2D eigenvalue weighted by atomic mass is 16.2. The summed E-state index contributed by atoms with van der Waals surface area (Å²) in [6, 6.07) is 17.6. The van der Waals surface area contributed by atoms with Gasteiger partial charge in [-0.2, -0.15) is 0 Å². The van der Waals surface area contributed by atoms with Gasteiger partial charge in [-0.05, 0) is 31.7 Å². The van der Waals surface area contributed by atoms with Crippen LogP contribution in [0, 0.1) is 0 Å². The molecule has 0 aromatic heterocycles. The highest BCUT2D eigenvalue weighted by Gasteiger charge is 2.27. The highest BCUT2D eigenvalue weighted by Crippen LogP contribution is 2.29. The Hall–Kier alpha value is -2.66. The lowest BCUT2D eigenvalue weighted by Crippen LogP contribution is -2.46. The molecule has 0 fully saturated rings. The van der Waals surface area contributed by atoms with Crippen LogP contribution in [0.5, 0.6) is 0 Å². The number of anilines is 2. The number of carbonyl (C=O) groups is 2. The molecule has 124 valence electrons. The average Bonchev–Trinajstić information content (AvgIpc) is 2.60. The molecule has 0 bridgehead atoms. The summed E-state index contributed by atoms with van der Waals surface area (Å²) in [5.74, 6) is -0.247. The van der Waals surface area contributed by atoms with Crippen LogP contribution in [0.1, 0.15) is 18.5 Å². The zero-order chi connectivity index (χ0) is 17.1. The molecule has 0 aliphatic carbocycles. The van der Waals surface area contributed by atoms with E-state index in [2.05, 4.69) is 24.4 Å². The maximum atomic E-state index is 12.8. The molecule has 2 amide bonds. The van der Waals surface area contributed by atoms with Gasteiger partial charge >= 0.3 is 0 Å². The molecule has 1 N–H and O–H groups in total. The first kappa shape index (κ1) is 16.2. The first-order chi connectivity index (χ1) is 11.6. The summed E-state index contributed by atoms with van der Waals surface area (Å²) in [5, 5.41) is 2.80. The van der Waals surface area contributed by atoms with Crippen LogP contribution in [0.4, 0.5) is 11.4 Å². The average molecular weight is 323 g/mol. The van der Waals surface area contributed by atoms with Crippen LogP contribution in [-0.4, -0.2) is 36.9 Å². The second-order valence-corrected chi connectivity index (χ2v) is 6.05. The quantitative estimate of drug-likeness (QED) is 0.941. The molecule has 24 heavy (non-hydrogen) atoms. The van der Waals surface area contributed by atoms with Gasteiger partial charge in [-0.15, -0.1) is 0 Å². The fraction of sp³-hybridized carbons (Fsp3) is 0.263. The van der Waals surface area contributed by atoms with Crippen molar-refractivity contribution in [3.63, 3.8) is 0 Å². The summed E-state index contributed by atoms with van der Waals surface area (Å²) >= 11 is 0. The van der Waals surface area contributed by atoms with E-state index in [1.807, 2.05) is 54.4 Å². The molecule has 2 aromatic carbocycles. The van der Waals surface area contributed by atoms with Gasteiger partial charge in [-0.1, -0.05) is 42.5 Å². The molecule has 3 rings (SSSR count). The van der Waals surface area contributed by atoms with Crippen molar-refractivity contribution in [3.05, 3.63) is 60.2 Å². The normalized spacial score (nSPS) is 15.0. The Balaban J connectivity index is 1.74. The molecule has 5 nitrogen and oxygen atoms in total. The van der Waals surface area contributed by atoms with Gasteiger partial charge < -0.3 is 5.32 Å². The molecule has 0 saturated carbocycles. The van der Waals surface area contributed by atoms with Crippen molar-refractivity contribution in [2.24, 2.45) is 0 Å². The largest absolute Gasteiger partial charge is 0.323 e. The van der Waals surface area contributed by atoms with Gasteiger partial charge in [0, 0.05) is 6.04 Å². The van der Waals surface area contributed by atoms with Crippen LogP contribution < -0.4 is 10.2 Å². The maximum absolute atomic E-state index is 12.8. The SMILES string of the molecule is CC(c1ccccc1)N(C)CC(=O)N1CC(=O)Nc2ccccc21. The molecule has 1 aliphatic rings. The first-order valence-electron chi connectivity index (χ1n) is 8.00. The van der Waals surface area contributed by atoms with E-state index in [0.717, 1.165) is 11.3 Å². The molecular formula is C19H21N3O2. The summed E-state index contributed by atoms with van der Waals surface area (Å²) in [7, 11) is 1.92. The van der Waals surface area contributed by atoms with E-state index in [0.29, 0.717) is 5.69 Å². The molecule has 0 saturated heterocycles. The summed E-state index contributed by atoms with van der Waals surface area (Å²) < 4.78 is 0. The Labute approximate surface area is 141 Å². The van der Waals surface area contributed by atoms with Crippen molar-refractivity contribution in [1.29, 1.82) is 0 Å². The summed E-state index contributed by atoms with van der Waals surface area (Å²) in [4.78, 5) is 28.2. The minimum Gasteiger partial charge on any atom is -0.323 e. The van der Waals surface area contributed by atoms with Crippen molar-refractivity contribution in [3.8, 4) is 0 Å². The van der Waals surface area contributed by atoms with E-state index in [1.165, 1.54) is 0 Å². The van der Waals surface area contributed by atoms with Crippen LogP contribution in [0.15, 0.2) is 54.6 Å². The predicted octanol–water partition coefficient (Wildman–Crippen LogP) is 2.66. The van der Waals surface area contributed by atoms with Gasteiger partial charge in [0.2, 0.25) is 11.8 Å². The van der Waals surface area contributed by atoms with Crippen molar-refractivity contribution in [2.45, 2.75) is 13.0 Å². The molecule has 2 aromatic rings. The number of nitrogens with one attached hydrogen (secondary N) is 1. The second kappa shape index (κ2) is 6.84. The number of carbonyl (C=O) groups excluding carboxylic acids is 2. The van der Waals surface area contributed by atoms with Crippen LogP contribution >= 0.6 is 0 Å². The number of benzene rings is 2. The van der Waals surface area contributed by atoms with Crippen LogP contribution in [0.25, 0.3) is 0 Å². The number of rotatable bonds is 4. The van der Waals surface area contributed by atoms with Gasteiger partial charge in [0.15, 0.2) is 0 Å². The van der Waals surface area contributed by atoms with E-state index >= 15 is 0 Å². The molecule has 0 radical (unpaired) electrons. The molecule has 0 spiro atoms. The summed E-state index contributed by atoms with van der Waals surface area (Å²) in [6.07, 6.45) is 0. The van der Waals surface area contributed by atoms with Crippen molar-refractivity contribution in [2.75, 3.05) is 30.4 Å². The van der Waals surface area contributed by atoms with Gasteiger partial charge in [0.1, 0.15) is 6.54 Å². The van der Waals surface area contributed by atoms with Crippen LogP contribution in [0.3, 0.4) is 0 Å². The summed E-state index contributed by atoms with van der Waals surface area (Å²) in [6.45, 7) is 2.38.